The van der Waals surface area contributed by atoms with Gasteiger partial charge in [-0.25, -0.2) is 8.42 Å². The molecule has 7 nitrogen and oxygen atoms in total. The van der Waals surface area contributed by atoms with E-state index in [2.05, 4.69) is 0 Å². The van der Waals surface area contributed by atoms with Crippen LogP contribution in [-0.4, -0.2) is 77.1 Å². The van der Waals surface area contributed by atoms with Gasteiger partial charge in [0.05, 0.1) is 18.1 Å². The Morgan fingerprint density at radius 2 is 1.44 bits per heavy atom. The first-order chi connectivity index (χ1) is 11.9. The minimum absolute atomic E-state index is 0.180. The highest BCUT2D eigenvalue weighted by atomic mass is 32.2. The lowest BCUT2D eigenvalue weighted by Crippen LogP contribution is -2.36. The molecule has 0 atom stereocenters. The van der Waals surface area contributed by atoms with Gasteiger partial charge in [-0.1, -0.05) is 13.8 Å². The van der Waals surface area contributed by atoms with E-state index in [0.717, 1.165) is 0 Å². The van der Waals surface area contributed by atoms with E-state index in [1.54, 1.807) is 45.1 Å². The fraction of sp³-hybridized carbons (Fsp3) is 0.588. The Labute approximate surface area is 150 Å². The molecule has 1 aromatic rings. The molecule has 0 bridgehead atoms. The predicted octanol–water partition coefficient (Wildman–Crippen LogP) is 1.45. The molecule has 0 saturated carbocycles. The number of carbonyl (C=O) groups excluding carboxylic acids is 1. The van der Waals surface area contributed by atoms with E-state index in [1.807, 2.05) is 0 Å². The average molecular weight is 372 g/mol. The Morgan fingerprint density at radius 3 is 1.84 bits per heavy atom. The lowest BCUT2D eigenvalue weighted by molar-refractivity contribution is 0.0627. The van der Waals surface area contributed by atoms with Crippen molar-refractivity contribution >= 4 is 15.9 Å². The predicted molar refractivity (Wildman–Crippen MR) is 96.2 cm³/mol. The molecular weight excluding hydrogens is 344 g/mol. The number of methoxy groups -OCH3 is 2. The highest BCUT2D eigenvalue weighted by Crippen LogP contribution is 2.17. The van der Waals surface area contributed by atoms with Crippen molar-refractivity contribution in [1.82, 2.24) is 9.21 Å². The van der Waals surface area contributed by atoms with Crippen LogP contribution in [0.25, 0.3) is 0 Å². The van der Waals surface area contributed by atoms with Gasteiger partial charge in [0.1, 0.15) is 0 Å². The molecule has 25 heavy (non-hydrogen) atoms. The second-order valence-electron chi connectivity index (χ2n) is 5.39. The van der Waals surface area contributed by atoms with E-state index in [9.17, 15) is 13.2 Å². The summed E-state index contributed by atoms with van der Waals surface area (Å²) >= 11 is 0. The van der Waals surface area contributed by atoms with Gasteiger partial charge in [-0.15, -0.1) is 0 Å². The lowest BCUT2D eigenvalue weighted by Gasteiger charge is -2.22. The molecule has 0 aliphatic rings. The van der Waals surface area contributed by atoms with Crippen molar-refractivity contribution < 1.29 is 22.7 Å². The summed E-state index contributed by atoms with van der Waals surface area (Å²) in [6.45, 7) is 6.12. The first kappa shape index (κ1) is 21.6. The lowest BCUT2D eigenvalue weighted by atomic mass is 10.2. The number of carbonyl (C=O) groups is 1. The molecule has 8 heteroatoms. The maximum absolute atomic E-state index is 12.6. The summed E-state index contributed by atoms with van der Waals surface area (Å²) < 4.78 is 36.4. The number of rotatable bonds is 11. The molecule has 1 amide bonds. The fourth-order valence-electron chi connectivity index (χ4n) is 2.38. The van der Waals surface area contributed by atoms with Crippen LogP contribution in [0.3, 0.4) is 0 Å². The Kier molecular flexibility index (Phi) is 9.05. The number of benzene rings is 1. The molecule has 0 saturated heterocycles. The summed E-state index contributed by atoms with van der Waals surface area (Å²) in [4.78, 5) is 14.4. The molecule has 0 N–H and O–H groups in total. The smallest absolute Gasteiger partial charge is 0.254 e. The van der Waals surface area contributed by atoms with Gasteiger partial charge in [-0.3, -0.25) is 4.79 Å². The molecule has 0 aliphatic heterocycles. The van der Waals surface area contributed by atoms with Crippen LogP contribution >= 0.6 is 0 Å². The van der Waals surface area contributed by atoms with Crippen LogP contribution in [0.2, 0.25) is 0 Å². The summed E-state index contributed by atoms with van der Waals surface area (Å²) in [6.07, 6.45) is 0. The van der Waals surface area contributed by atoms with Crippen LogP contribution < -0.4 is 0 Å². The third kappa shape index (κ3) is 5.78. The highest BCUT2D eigenvalue weighted by molar-refractivity contribution is 7.89. The first-order valence-electron chi connectivity index (χ1n) is 8.29. The Hall–Kier alpha value is -1.48. The zero-order valence-electron chi connectivity index (χ0n) is 15.4. The van der Waals surface area contributed by atoms with Crippen LogP contribution in [0.1, 0.15) is 24.2 Å². The SMILES string of the molecule is CCN(CC)S(=O)(=O)c1ccc(C(=O)N(CCOC)CCOC)cc1. The van der Waals surface area contributed by atoms with Gasteiger partial charge in [0.15, 0.2) is 0 Å². The molecule has 0 radical (unpaired) electrons. The normalized spacial score (nSPS) is 11.7. The summed E-state index contributed by atoms with van der Waals surface area (Å²) in [5.74, 6) is -0.180. The van der Waals surface area contributed by atoms with Gasteiger partial charge in [0, 0.05) is 46.0 Å². The summed E-state index contributed by atoms with van der Waals surface area (Å²) in [5.41, 5.74) is 0.436. The zero-order valence-corrected chi connectivity index (χ0v) is 16.2. The Balaban J connectivity index is 2.97. The fourth-order valence-corrected chi connectivity index (χ4v) is 3.84. The largest absolute Gasteiger partial charge is 0.383 e. The van der Waals surface area contributed by atoms with Crippen molar-refractivity contribution in [3.63, 3.8) is 0 Å². The van der Waals surface area contributed by atoms with E-state index in [-0.39, 0.29) is 10.8 Å². The molecule has 0 aromatic heterocycles. The van der Waals surface area contributed by atoms with Crippen molar-refractivity contribution in [2.75, 3.05) is 53.6 Å². The minimum Gasteiger partial charge on any atom is -0.383 e. The van der Waals surface area contributed by atoms with Crippen LogP contribution in [0.4, 0.5) is 0 Å². The van der Waals surface area contributed by atoms with Crippen LogP contribution in [0, 0.1) is 0 Å². The maximum Gasteiger partial charge on any atom is 0.254 e. The monoisotopic (exact) mass is 372 g/mol. The summed E-state index contributed by atoms with van der Waals surface area (Å²) in [5, 5.41) is 0. The topological polar surface area (TPSA) is 76.2 Å². The van der Waals surface area contributed by atoms with Crippen molar-refractivity contribution in [3.8, 4) is 0 Å². The number of ether oxygens (including phenoxy) is 2. The Bertz CT molecular complexity index is 619. The second-order valence-corrected chi connectivity index (χ2v) is 7.33. The first-order valence-corrected chi connectivity index (χ1v) is 9.73. The second kappa shape index (κ2) is 10.5. The van der Waals surface area contributed by atoms with Crippen LogP contribution in [-0.2, 0) is 19.5 Å². The molecule has 0 aliphatic carbocycles. The molecule has 0 heterocycles. The van der Waals surface area contributed by atoms with Crippen molar-refractivity contribution in [2.24, 2.45) is 0 Å². The summed E-state index contributed by atoms with van der Waals surface area (Å²) in [7, 11) is -0.373. The van der Waals surface area contributed by atoms with Crippen molar-refractivity contribution in [2.45, 2.75) is 18.7 Å². The quantitative estimate of drug-likeness (QED) is 0.588. The van der Waals surface area contributed by atoms with Crippen molar-refractivity contribution in [3.05, 3.63) is 29.8 Å². The van der Waals surface area contributed by atoms with Gasteiger partial charge in [-0.05, 0) is 24.3 Å². The molecule has 142 valence electrons. The minimum atomic E-state index is -3.52. The van der Waals surface area contributed by atoms with Gasteiger partial charge >= 0.3 is 0 Å². The molecule has 0 spiro atoms. The van der Waals surface area contributed by atoms with Gasteiger partial charge in [0.2, 0.25) is 10.0 Å². The number of amides is 1. The number of nitrogens with zero attached hydrogens (tertiary/aromatic N) is 2. The number of sulfonamides is 1. The van der Waals surface area contributed by atoms with Crippen LogP contribution in [0.15, 0.2) is 29.2 Å². The highest BCUT2D eigenvalue weighted by Gasteiger charge is 2.22. The average Bonchev–Trinajstić information content (AvgIpc) is 2.62. The number of hydrogen-bond donors (Lipinski definition) is 0. The van der Waals surface area contributed by atoms with E-state index < -0.39 is 10.0 Å². The standard InChI is InChI=1S/C17H28N2O5S/c1-5-19(6-2)25(21,22)16-9-7-15(8-10-16)17(20)18(11-13-23-3)12-14-24-4/h7-10H,5-6,11-14H2,1-4H3. The zero-order chi connectivity index (χ0) is 18.9. The molecular formula is C17H28N2O5S. The van der Waals surface area contributed by atoms with Gasteiger partial charge in [-0.2, -0.15) is 4.31 Å². The van der Waals surface area contributed by atoms with Crippen LogP contribution in [0.5, 0.6) is 0 Å². The van der Waals surface area contributed by atoms with Gasteiger partial charge in [0.25, 0.3) is 5.91 Å². The van der Waals surface area contributed by atoms with E-state index in [1.165, 1.54) is 16.4 Å². The summed E-state index contributed by atoms with van der Waals surface area (Å²) in [6, 6.07) is 6.05. The third-order valence-corrected chi connectivity index (χ3v) is 5.93. The van der Waals surface area contributed by atoms with E-state index >= 15 is 0 Å². The van der Waals surface area contributed by atoms with E-state index in [4.69, 9.17) is 9.47 Å². The molecule has 0 unspecified atom stereocenters. The Morgan fingerprint density at radius 1 is 0.960 bits per heavy atom. The van der Waals surface area contributed by atoms with Crippen molar-refractivity contribution in [1.29, 1.82) is 0 Å². The molecule has 1 aromatic carbocycles. The van der Waals surface area contributed by atoms with E-state index in [0.29, 0.717) is 45.0 Å². The number of hydrogen-bond acceptors (Lipinski definition) is 5. The molecule has 0 fully saturated rings. The third-order valence-electron chi connectivity index (χ3n) is 3.86. The van der Waals surface area contributed by atoms with Gasteiger partial charge < -0.3 is 14.4 Å². The maximum atomic E-state index is 12.6. The molecule has 1 rings (SSSR count).